The molecule has 5 N–H and O–H groups in total. The van der Waals surface area contributed by atoms with E-state index in [9.17, 15) is 23.4 Å². The fourth-order valence-electron chi connectivity index (χ4n) is 4.47. The Labute approximate surface area is 228 Å². The molecule has 0 saturated heterocycles. The highest BCUT2D eigenvalue weighted by Crippen LogP contribution is 2.30. The maximum Gasteiger partial charge on any atom is 0.333 e. The van der Waals surface area contributed by atoms with Gasteiger partial charge in [-0.3, -0.25) is 13.7 Å². The number of carbonyl (C=O) groups is 1. The summed E-state index contributed by atoms with van der Waals surface area (Å²) in [6.07, 6.45) is 2.51. The number of rotatable bonds is 10. The Morgan fingerprint density at radius 2 is 2.08 bits per heavy atom. The van der Waals surface area contributed by atoms with Gasteiger partial charge in [-0.1, -0.05) is 28.1 Å². The minimum atomic E-state index is -4.12. The van der Waals surface area contributed by atoms with Gasteiger partial charge in [0.2, 0.25) is 5.78 Å². The number of anilines is 1. The van der Waals surface area contributed by atoms with E-state index in [4.69, 9.17) is 5.14 Å². The summed E-state index contributed by atoms with van der Waals surface area (Å²) < 4.78 is 29.3. The van der Waals surface area contributed by atoms with Crippen molar-refractivity contribution >= 4 is 37.8 Å². The number of carbonyl (C=O) groups excluding carboxylic acids is 1. The van der Waals surface area contributed by atoms with Crippen molar-refractivity contribution in [1.29, 1.82) is 0 Å². The van der Waals surface area contributed by atoms with Crippen LogP contribution in [0.25, 0.3) is 0 Å². The molecule has 0 bridgehead atoms. The first-order chi connectivity index (χ1) is 17.8. The summed E-state index contributed by atoms with van der Waals surface area (Å²) in [4.78, 5) is 21.8. The summed E-state index contributed by atoms with van der Waals surface area (Å²) in [5.41, 5.74) is 0.406. The number of aliphatic hydroxyl groups excluding tert-OH is 1. The van der Waals surface area contributed by atoms with Crippen LogP contribution < -0.4 is 10.5 Å². The van der Waals surface area contributed by atoms with Crippen LogP contribution in [0.4, 0.5) is 5.82 Å². The molecule has 1 fully saturated rings. The molecule has 1 aliphatic rings. The minimum Gasteiger partial charge on any atom is -0.393 e. The highest BCUT2D eigenvalue weighted by atomic mass is 79.9. The van der Waals surface area contributed by atoms with Gasteiger partial charge in [-0.2, -0.15) is 13.5 Å². The molecular formula is C24H29BrN6O6S. The van der Waals surface area contributed by atoms with Crippen molar-refractivity contribution in [3.8, 4) is 0 Å². The number of halogens is 1. The van der Waals surface area contributed by atoms with Gasteiger partial charge in [-0.05, 0) is 50.5 Å². The zero-order valence-electron chi connectivity index (χ0n) is 20.8. The SMILES string of the molecule is CC(C)(O)c1cc(C(=O)c2cncnc2N[C@@H]2C[C@H](COS(N)(=O)=O)[C@@H](O)C2)nn1Cc1cccc(Br)c1. The molecule has 38 heavy (non-hydrogen) atoms. The van der Waals surface area contributed by atoms with E-state index in [1.165, 1.54) is 12.5 Å². The van der Waals surface area contributed by atoms with Gasteiger partial charge in [-0.15, -0.1) is 0 Å². The van der Waals surface area contributed by atoms with Crippen molar-refractivity contribution in [3.05, 3.63) is 69.8 Å². The van der Waals surface area contributed by atoms with E-state index in [2.05, 4.69) is 40.5 Å². The number of nitrogens with zero attached hydrogens (tertiary/aromatic N) is 4. The Bertz CT molecular complexity index is 1420. The van der Waals surface area contributed by atoms with E-state index < -0.39 is 33.7 Å². The lowest BCUT2D eigenvalue weighted by molar-refractivity contribution is 0.0688. The van der Waals surface area contributed by atoms with Gasteiger partial charge in [0.05, 0.1) is 30.5 Å². The van der Waals surface area contributed by atoms with Crippen molar-refractivity contribution in [1.82, 2.24) is 19.7 Å². The molecule has 1 saturated carbocycles. The number of aliphatic hydroxyl groups is 2. The smallest absolute Gasteiger partial charge is 0.333 e. The Kier molecular flexibility index (Phi) is 8.30. The molecule has 12 nitrogen and oxygen atoms in total. The average Bonchev–Trinajstić information content (AvgIpc) is 3.40. The molecule has 1 aliphatic carbocycles. The molecular weight excluding hydrogens is 580 g/mol. The molecule has 2 heterocycles. The molecule has 204 valence electrons. The molecule has 0 spiro atoms. The van der Waals surface area contributed by atoms with Crippen LogP contribution in [0.3, 0.4) is 0 Å². The third kappa shape index (κ3) is 7.01. The first kappa shape index (κ1) is 28.3. The van der Waals surface area contributed by atoms with Crippen LogP contribution in [0.5, 0.6) is 0 Å². The van der Waals surface area contributed by atoms with E-state index in [0.717, 1.165) is 10.0 Å². The molecule has 0 aliphatic heterocycles. The summed E-state index contributed by atoms with van der Waals surface area (Å²) in [5, 5.41) is 33.7. The van der Waals surface area contributed by atoms with Crippen LogP contribution in [-0.2, 0) is 26.6 Å². The highest BCUT2D eigenvalue weighted by Gasteiger charge is 2.35. The van der Waals surface area contributed by atoms with Gasteiger partial charge in [0.1, 0.15) is 23.4 Å². The third-order valence-corrected chi connectivity index (χ3v) is 7.22. The molecule has 14 heteroatoms. The summed E-state index contributed by atoms with van der Waals surface area (Å²) in [7, 11) is -4.12. The van der Waals surface area contributed by atoms with Gasteiger partial charge < -0.3 is 15.5 Å². The number of nitrogens with two attached hydrogens (primary N) is 1. The number of ketones is 1. The number of aromatic nitrogens is 4. The first-order valence-corrected chi connectivity index (χ1v) is 14.1. The van der Waals surface area contributed by atoms with Gasteiger partial charge in [0.15, 0.2) is 0 Å². The lowest BCUT2D eigenvalue weighted by Gasteiger charge is -2.19. The van der Waals surface area contributed by atoms with Crippen LogP contribution >= 0.6 is 15.9 Å². The van der Waals surface area contributed by atoms with Gasteiger partial charge in [-0.25, -0.2) is 15.1 Å². The summed E-state index contributed by atoms with van der Waals surface area (Å²) >= 11 is 3.45. The second kappa shape index (κ2) is 11.2. The molecule has 3 atom stereocenters. The average molecular weight is 610 g/mol. The molecule has 0 radical (unpaired) electrons. The Morgan fingerprint density at radius 3 is 2.76 bits per heavy atom. The maximum atomic E-state index is 13.5. The van der Waals surface area contributed by atoms with Crippen LogP contribution in [0, 0.1) is 5.92 Å². The van der Waals surface area contributed by atoms with Crippen molar-refractivity contribution in [2.45, 2.75) is 51.0 Å². The molecule has 0 unspecified atom stereocenters. The second-order valence-electron chi connectivity index (χ2n) is 9.79. The van der Waals surface area contributed by atoms with E-state index in [-0.39, 0.29) is 29.7 Å². The number of benzene rings is 1. The number of hydrogen-bond donors (Lipinski definition) is 4. The lowest BCUT2D eigenvalue weighted by atomic mass is 10.0. The Morgan fingerprint density at radius 1 is 1.32 bits per heavy atom. The van der Waals surface area contributed by atoms with E-state index >= 15 is 0 Å². The van der Waals surface area contributed by atoms with Crippen LogP contribution in [0.1, 0.15) is 54.0 Å². The fraction of sp³-hybridized carbons (Fsp3) is 0.417. The molecule has 3 aromatic rings. The second-order valence-corrected chi connectivity index (χ2v) is 11.9. The zero-order chi connectivity index (χ0) is 27.7. The van der Waals surface area contributed by atoms with E-state index in [1.807, 2.05) is 24.3 Å². The number of hydrogen-bond acceptors (Lipinski definition) is 10. The van der Waals surface area contributed by atoms with Gasteiger partial charge in [0, 0.05) is 22.6 Å². The molecule has 4 rings (SSSR count). The van der Waals surface area contributed by atoms with E-state index in [1.54, 1.807) is 24.6 Å². The van der Waals surface area contributed by atoms with Crippen LogP contribution in [0.2, 0.25) is 0 Å². The predicted octanol–water partition coefficient (Wildman–Crippen LogP) is 1.71. The zero-order valence-corrected chi connectivity index (χ0v) is 23.2. The predicted molar refractivity (Wildman–Crippen MR) is 141 cm³/mol. The number of nitrogens with one attached hydrogen (secondary N) is 1. The Hall–Kier alpha value is -2.75. The topological polar surface area (TPSA) is 183 Å². The van der Waals surface area contributed by atoms with Crippen molar-refractivity contribution < 1.29 is 27.6 Å². The third-order valence-electron chi connectivity index (χ3n) is 6.26. The first-order valence-electron chi connectivity index (χ1n) is 11.8. The fourth-order valence-corrected chi connectivity index (χ4v) is 5.28. The van der Waals surface area contributed by atoms with Crippen LogP contribution in [0.15, 0.2) is 47.3 Å². The van der Waals surface area contributed by atoms with Crippen molar-refractivity contribution in [2.24, 2.45) is 11.1 Å². The Balaban J connectivity index is 1.56. The summed E-state index contributed by atoms with van der Waals surface area (Å²) in [6.45, 7) is 3.33. The largest absolute Gasteiger partial charge is 0.393 e. The molecule has 0 amide bonds. The normalized spacial score (nSPS) is 20.0. The summed E-state index contributed by atoms with van der Waals surface area (Å²) in [6, 6.07) is 8.90. The van der Waals surface area contributed by atoms with Gasteiger partial charge >= 0.3 is 10.3 Å². The van der Waals surface area contributed by atoms with Gasteiger partial charge in [0.25, 0.3) is 0 Å². The molecule has 2 aromatic heterocycles. The van der Waals surface area contributed by atoms with Crippen molar-refractivity contribution in [2.75, 3.05) is 11.9 Å². The van der Waals surface area contributed by atoms with Crippen LogP contribution in [-0.4, -0.2) is 62.9 Å². The minimum absolute atomic E-state index is 0.112. The lowest BCUT2D eigenvalue weighted by Crippen LogP contribution is -2.24. The van der Waals surface area contributed by atoms with Crippen molar-refractivity contribution in [3.63, 3.8) is 0 Å². The van der Waals surface area contributed by atoms with E-state index in [0.29, 0.717) is 25.1 Å². The summed E-state index contributed by atoms with van der Waals surface area (Å²) in [5.74, 6) is -0.657. The highest BCUT2D eigenvalue weighted by molar-refractivity contribution is 9.10. The molecule has 1 aromatic carbocycles. The quantitative estimate of drug-likeness (QED) is 0.247. The maximum absolute atomic E-state index is 13.5. The monoisotopic (exact) mass is 608 g/mol. The standard InChI is InChI=1S/C24H29BrN6O6S/c1-24(2,34)21-9-19(30-31(21)11-14-4-3-5-16(25)6-14)22(33)18-10-27-13-28-23(18)29-17-7-15(20(32)8-17)12-37-38(26,35)36/h3-6,9-10,13,15,17,20,32,34H,7-8,11-12H2,1-2H3,(H2,26,35,36)(H,27,28,29)/t15-,17-,20+/m1/s1.